The number of aliphatic hydroxyl groups is 1. The third-order valence-electron chi connectivity index (χ3n) is 4.91. The molecule has 1 aliphatic heterocycles. The average Bonchev–Trinajstić information content (AvgIpc) is 2.72. The molecule has 0 aromatic heterocycles. The van der Waals surface area contributed by atoms with E-state index in [1.54, 1.807) is 6.07 Å². The Morgan fingerprint density at radius 1 is 1.07 bits per heavy atom. The van der Waals surface area contributed by atoms with Crippen LogP contribution in [0.1, 0.15) is 22.0 Å². The molecule has 0 aliphatic carbocycles. The molecule has 3 atom stereocenters. The molecule has 30 heavy (non-hydrogen) atoms. The van der Waals surface area contributed by atoms with Gasteiger partial charge in [-0.25, -0.2) is 4.79 Å². The van der Waals surface area contributed by atoms with Gasteiger partial charge in [0.2, 0.25) is 5.72 Å². The van der Waals surface area contributed by atoms with Crippen molar-refractivity contribution in [2.75, 3.05) is 14.2 Å². The van der Waals surface area contributed by atoms with Gasteiger partial charge in [0.05, 0.1) is 20.3 Å². The summed E-state index contributed by atoms with van der Waals surface area (Å²) in [6.07, 6.45) is -5.32. The van der Waals surface area contributed by atoms with Crippen molar-refractivity contribution >= 4 is 11.8 Å². The number of ketones is 1. The van der Waals surface area contributed by atoms with Gasteiger partial charge in [-0.3, -0.25) is 4.79 Å². The smallest absolute Gasteiger partial charge is 0.437 e. The van der Waals surface area contributed by atoms with Crippen LogP contribution in [0.4, 0.5) is 18.0 Å². The Labute approximate surface area is 169 Å². The number of nitrogens with one attached hydrogen (secondary N) is 2. The summed E-state index contributed by atoms with van der Waals surface area (Å²) in [5.74, 6) is -2.62. The number of carbonyl (C=O) groups is 2. The number of ether oxygens (including phenoxy) is 2. The number of hydrogen-bond acceptors (Lipinski definition) is 5. The summed E-state index contributed by atoms with van der Waals surface area (Å²) in [5, 5.41) is 14.4. The SMILES string of the molecule is COc1ccc([C@@H]2NC(=O)N[C@](O)(C(F)(F)F)[C@@H]2C(=O)c2ccccc2)cc1OC. The Morgan fingerprint density at radius 3 is 2.27 bits per heavy atom. The van der Waals surface area contributed by atoms with E-state index in [-0.39, 0.29) is 16.9 Å². The van der Waals surface area contributed by atoms with Gasteiger partial charge >= 0.3 is 12.2 Å². The van der Waals surface area contributed by atoms with Gasteiger partial charge in [-0.15, -0.1) is 0 Å². The standard InChI is InChI=1S/C20H19F3N2O5/c1-29-13-9-8-12(10-14(13)30-2)16-15(17(26)11-6-4-3-5-7-11)19(28,20(21,22)23)25-18(27)24-16/h3-10,15-16,28H,1-2H3,(H2,24,25,27)/t15-,16-,19+/m0/s1. The number of carbonyl (C=O) groups excluding carboxylic acids is 2. The number of hydrogen-bond donors (Lipinski definition) is 3. The molecule has 0 radical (unpaired) electrons. The van der Waals surface area contributed by atoms with Gasteiger partial charge in [-0.2, -0.15) is 13.2 Å². The Bertz CT molecular complexity index is 951. The molecule has 160 valence electrons. The molecule has 10 heteroatoms. The summed E-state index contributed by atoms with van der Waals surface area (Å²) in [4.78, 5) is 25.2. The summed E-state index contributed by atoms with van der Waals surface area (Å²) < 4.78 is 52.0. The van der Waals surface area contributed by atoms with Gasteiger partial charge in [0.15, 0.2) is 17.3 Å². The zero-order valence-electron chi connectivity index (χ0n) is 16.0. The van der Waals surface area contributed by atoms with Crippen molar-refractivity contribution in [3.05, 3.63) is 59.7 Å². The number of benzene rings is 2. The Morgan fingerprint density at radius 2 is 1.70 bits per heavy atom. The maximum absolute atomic E-state index is 13.9. The molecule has 2 amide bonds. The predicted molar refractivity (Wildman–Crippen MR) is 99.2 cm³/mol. The van der Waals surface area contributed by atoms with Gasteiger partial charge in [0, 0.05) is 5.56 Å². The molecule has 1 heterocycles. The normalized spacial score (nSPS) is 23.9. The minimum Gasteiger partial charge on any atom is -0.493 e. The van der Waals surface area contributed by atoms with E-state index in [0.717, 1.165) is 0 Å². The van der Waals surface area contributed by atoms with E-state index in [1.807, 2.05) is 0 Å². The van der Waals surface area contributed by atoms with Gasteiger partial charge in [0.1, 0.15) is 5.92 Å². The summed E-state index contributed by atoms with van der Waals surface area (Å²) in [5.41, 5.74) is -3.71. The lowest BCUT2D eigenvalue weighted by Crippen LogP contribution is -2.72. The Kier molecular flexibility index (Phi) is 5.62. The highest BCUT2D eigenvalue weighted by Gasteiger charge is 2.66. The lowest BCUT2D eigenvalue weighted by atomic mass is 9.77. The first-order chi connectivity index (χ1) is 14.1. The minimum absolute atomic E-state index is 0.0476. The second kappa shape index (κ2) is 7.86. The molecule has 0 bridgehead atoms. The molecule has 1 fully saturated rings. The molecule has 0 unspecified atom stereocenters. The second-order valence-electron chi connectivity index (χ2n) is 6.66. The summed E-state index contributed by atoms with van der Waals surface area (Å²) in [6.45, 7) is 0. The Balaban J connectivity index is 2.18. The topological polar surface area (TPSA) is 96.9 Å². The van der Waals surface area contributed by atoms with Crippen molar-refractivity contribution < 1.29 is 37.3 Å². The zero-order chi connectivity index (χ0) is 22.1. The number of methoxy groups -OCH3 is 2. The van der Waals surface area contributed by atoms with Crippen LogP contribution in [-0.2, 0) is 0 Å². The van der Waals surface area contributed by atoms with Crippen LogP contribution in [0, 0.1) is 5.92 Å². The van der Waals surface area contributed by atoms with Crippen molar-refractivity contribution in [1.29, 1.82) is 0 Å². The fourth-order valence-electron chi connectivity index (χ4n) is 3.45. The molecule has 0 spiro atoms. The van der Waals surface area contributed by atoms with Gasteiger partial charge in [0.25, 0.3) is 0 Å². The number of urea groups is 1. The fraction of sp³-hybridized carbons (Fsp3) is 0.300. The molecule has 3 N–H and O–H groups in total. The maximum atomic E-state index is 13.9. The van der Waals surface area contributed by atoms with Gasteiger partial charge in [-0.05, 0) is 17.7 Å². The van der Waals surface area contributed by atoms with Crippen LogP contribution in [0.5, 0.6) is 11.5 Å². The number of Topliss-reactive ketones (excluding diaryl/α,β-unsaturated/α-hetero) is 1. The quantitative estimate of drug-likeness (QED) is 0.642. The molecule has 1 aliphatic rings. The van der Waals surface area contributed by atoms with E-state index < -0.39 is 35.7 Å². The fourth-order valence-corrected chi connectivity index (χ4v) is 3.45. The van der Waals surface area contributed by atoms with Gasteiger partial charge < -0.3 is 25.2 Å². The highest BCUT2D eigenvalue weighted by atomic mass is 19.4. The van der Waals surface area contributed by atoms with Crippen molar-refractivity contribution in [1.82, 2.24) is 10.6 Å². The van der Waals surface area contributed by atoms with Crippen LogP contribution in [-0.4, -0.2) is 43.0 Å². The largest absolute Gasteiger partial charge is 0.493 e. The molecular weight excluding hydrogens is 405 g/mol. The van der Waals surface area contributed by atoms with Crippen LogP contribution in [0.2, 0.25) is 0 Å². The van der Waals surface area contributed by atoms with Crippen LogP contribution in [0.15, 0.2) is 48.5 Å². The lowest BCUT2D eigenvalue weighted by molar-refractivity contribution is -0.287. The lowest BCUT2D eigenvalue weighted by Gasteiger charge is -2.45. The molecule has 2 aromatic rings. The highest BCUT2D eigenvalue weighted by molar-refractivity contribution is 6.00. The number of halogens is 3. The maximum Gasteiger partial charge on any atom is 0.437 e. The zero-order valence-corrected chi connectivity index (χ0v) is 16.0. The van der Waals surface area contributed by atoms with E-state index in [9.17, 15) is 27.9 Å². The van der Waals surface area contributed by atoms with Crippen LogP contribution in [0.25, 0.3) is 0 Å². The Hall–Kier alpha value is -3.27. The van der Waals surface area contributed by atoms with E-state index in [0.29, 0.717) is 5.75 Å². The van der Waals surface area contributed by atoms with E-state index in [1.165, 1.54) is 62.0 Å². The number of amides is 2. The van der Waals surface area contributed by atoms with E-state index >= 15 is 0 Å². The third kappa shape index (κ3) is 3.65. The second-order valence-corrected chi connectivity index (χ2v) is 6.66. The first kappa shape index (κ1) is 21.4. The van der Waals surface area contributed by atoms with E-state index in [2.05, 4.69) is 5.32 Å². The molecule has 2 aromatic carbocycles. The first-order valence-electron chi connectivity index (χ1n) is 8.81. The van der Waals surface area contributed by atoms with Gasteiger partial charge in [-0.1, -0.05) is 36.4 Å². The molecule has 1 saturated heterocycles. The number of alkyl halides is 3. The monoisotopic (exact) mass is 424 g/mol. The van der Waals surface area contributed by atoms with Crippen molar-refractivity contribution in [3.63, 3.8) is 0 Å². The summed E-state index contributed by atoms with van der Waals surface area (Å²) in [6, 6.07) is 8.63. The minimum atomic E-state index is -5.32. The molecule has 3 rings (SSSR count). The van der Waals surface area contributed by atoms with Crippen molar-refractivity contribution in [2.24, 2.45) is 5.92 Å². The summed E-state index contributed by atoms with van der Waals surface area (Å²) in [7, 11) is 2.72. The number of rotatable bonds is 5. The third-order valence-corrected chi connectivity index (χ3v) is 4.91. The molecule has 0 saturated carbocycles. The highest BCUT2D eigenvalue weighted by Crippen LogP contribution is 2.45. The van der Waals surface area contributed by atoms with Crippen LogP contribution >= 0.6 is 0 Å². The van der Waals surface area contributed by atoms with Crippen LogP contribution in [0.3, 0.4) is 0 Å². The first-order valence-corrected chi connectivity index (χ1v) is 8.81. The molecular formula is C20H19F3N2O5. The summed E-state index contributed by atoms with van der Waals surface area (Å²) >= 11 is 0. The van der Waals surface area contributed by atoms with Crippen molar-refractivity contribution in [3.8, 4) is 11.5 Å². The molecule has 7 nitrogen and oxygen atoms in total. The average molecular weight is 424 g/mol. The van der Waals surface area contributed by atoms with Crippen LogP contribution < -0.4 is 20.1 Å². The van der Waals surface area contributed by atoms with Crippen molar-refractivity contribution in [2.45, 2.75) is 17.9 Å². The van der Waals surface area contributed by atoms with E-state index in [4.69, 9.17) is 9.47 Å². The predicted octanol–water partition coefficient (Wildman–Crippen LogP) is 2.81.